The van der Waals surface area contributed by atoms with E-state index in [1.807, 2.05) is 19.1 Å². The van der Waals surface area contributed by atoms with Crippen LogP contribution in [-0.4, -0.2) is 27.3 Å². The van der Waals surface area contributed by atoms with Crippen molar-refractivity contribution in [2.24, 2.45) is 0 Å². The van der Waals surface area contributed by atoms with Gasteiger partial charge < -0.3 is 10.1 Å². The Bertz CT molecular complexity index is 1400. The van der Waals surface area contributed by atoms with Gasteiger partial charge in [-0.15, -0.1) is 5.10 Å². The standard InChI is InChI=1S/C26H23FN4O2S/c1-3-33-24(32)22-16(2)28-25-29-26(30-31(25)23(22)19-10-12-21(27)13-11-19)34-15-17-8-9-18-6-4-5-7-20(18)14-17/h4-14,23H,3,15H2,1-2H3,(H,28,29,30). The highest BCUT2D eigenvalue weighted by Crippen LogP contribution is 2.37. The molecule has 1 atom stereocenters. The lowest BCUT2D eigenvalue weighted by atomic mass is 9.96. The average molecular weight is 475 g/mol. The highest BCUT2D eigenvalue weighted by Gasteiger charge is 2.35. The summed E-state index contributed by atoms with van der Waals surface area (Å²) in [6, 6.07) is 20.1. The second kappa shape index (κ2) is 9.30. The zero-order valence-corrected chi connectivity index (χ0v) is 19.6. The molecule has 1 aliphatic rings. The van der Waals surface area contributed by atoms with Gasteiger partial charge in [0, 0.05) is 11.4 Å². The molecule has 1 aliphatic heterocycles. The first-order chi connectivity index (χ1) is 16.5. The van der Waals surface area contributed by atoms with E-state index in [0.717, 1.165) is 5.56 Å². The summed E-state index contributed by atoms with van der Waals surface area (Å²) in [4.78, 5) is 17.5. The minimum Gasteiger partial charge on any atom is -0.463 e. The SMILES string of the molecule is CCOC(=O)C1=C(C)Nc2nc(SCc3ccc4ccccc4c3)nn2C1c1ccc(F)cc1. The molecule has 0 saturated carbocycles. The Morgan fingerprint density at radius 1 is 1.12 bits per heavy atom. The molecule has 0 amide bonds. The summed E-state index contributed by atoms with van der Waals surface area (Å²) in [5.74, 6) is 0.447. The first-order valence-electron chi connectivity index (χ1n) is 11.0. The molecule has 0 bridgehead atoms. The smallest absolute Gasteiger partial charge is 0.338 e. The van der Waals surface area contributed by atoms with E-state index in [1.54, 1.807) is 23.7 Å². The molecule has 5 rings (SSSR count). The van der Waals surface area contributed by atoms with Crippen molar-refractivity contribution >= 4 is 34.5 Å². The molecule has 2 heterocycles. The Labute approximate surface area is 200 Å². The number of halogens is 1. The fourth-order valence-corrected chi connectivity index (χ4v) is 4.87. The monoisotopic (exact) mass is 474 g/mol. The molecule has 172 valence electrons. The molecular weight excluding hydrogens is 451 g/mol. The van der Waals surface area contributed by atoms with Crippen molar-refractivity contribution < 1.29 is 13.9 Å². The number of hydrogen-bond acceptors (Lipinski definition) is 6. The lowest BCUT2D eigenvalue weighted by molar-refractivity contribution is -0.139. The molecule has 1 aromatic heterocycles. The molecule has 0 spiro atoms. The summed E-state index contributed by atoms with van der Waals surface area (Å²) in [6.45, 7) is 3.82. The predicted molar refractivity (Wildman–Crippen MR) is 131 cm³/mol. The predicted octanol–water partition coefficient (Wildman–Crippen LogP) is 5.71. The van der Waals surface area contributed by atoms with Crippen LogP contribution in [0, 0.1) is 5.82 Å². The number of rotatable bonds is 6. The van der Waals surface area contributed by atoms with Gasteiger partial charge in [0.1, 0.15) is 11.9 Å². The fraction of sp³-hybridized carbons (Fsp3) is 0.192. The van der Waals surface area contributed by atoms with Crippen LogP contribution in [0.2, 0.25) is 0 Å². The molecule has 1 unspecified atom stereocenters. The van der Waals surface area contributed by atoms with Gasteiger partial charge in [0.2, 0.25) is 11.1 Å². The third kappa shape index (κ3) is 4.28. The van der Waals surface area contributed by atoms with Gasteiger partial charge in [-0.2, -0.15) is 4.98 Å². The van der Waals surface area contributed by atoms with E-state index >= 15 is 0 Å². The summed E-state index contributed by atoms with van der Waals surface area (Å²) >= 11 is 1.52. The van der Waals surface area contributed by atoms with Crippen LogP contribution in [0.15, 0.2) is 83.2 Å². The zero-order chi connectivity index (χ0) is 23.7. The second-order valence-corrected chi connectivity index (χ2v) is 8.91. The number of anilines is 1. The summed E-state index contributed by atoms with van der Waals surface area (Å²) < 4.78 is 20.6. The summed E-state index contributed by atoms with van der Waals surface area (Å²) in [5, 5.41) is 10.9. The van der Waals surface area contributed by atoms with Gasteiger partial charge in [0.25, 0.3) is 0 Å². The normalized spacial score (nSPS) is 15.2. The largest absolute Gasteiger partial charge is 0.463 e. The molecule has 3 aromatic carbocycles. The summed E-state index contributed by atoms with van der Waals surface area (Å²) in [5.41, 5.74) is 2.96. The molecule has 4 aromatic rings. The number of benzene rings is 3. The number of nitrogens with one attached hydrogen (secondary N) is 1. The minimum atomic E-state index is -0.571. The van der Waals surface area contributed by atoms with Crippen molar-refractivity contribution in [3.63, 3.8) is 0 Å². The Kier molecular flexibility index (Phi) is 6.06. The Balaban J connectivity index is 1.46. The van der Waals surface area contributed by atoms with Crippen molar-refractivity contribution in [1.82, 2.24) is 14.8 Å². The number of thioether (sulfide) groups is 1. The van der Waals surface area contributed by atoms with Crippen molar-refractivity contribution in [3.8, 4) is 0 Å². The van der Waals surface area contributed by atoms with Gasteiger partial charge in [-0.1, -0.05) is 66.4 Å². The van der Waals surface area contributed by atoms with Crippen LogP contribution >= 0.6 is 11.8 Å². The third-order valence-electron chi connectivity index (χ3n) is 5.70. The molecule has 8 heteroatoms. The number of aromatic nitrogens is 3. The van der Waals surface area contributed by atoms with E-state index < -0.39 is 12.0 Å². The van der Waals surface area contributed by atoms with Crippen molar-refractivity contribution in [2.75, 3.05) is 11.9 Å². The van der Waals surface area contributed by atoms with Crippen LogP contribution < -0.4 is 5.32 Å². The summed E-state index contributed by atoms with van der Waals surface area (Å²) in [7, 11) is 0. The Morgan fingerprint density at radius 3 is 2.65 bits per heavy atom. The highest BCUT2D eigenvalue weighted by atomic mass is 32.2. The number of hydrogen-bond donors (Lipinski definition) is 1. The molecule has 0 aliphatic carbocycles. The fourth-order valence-electron chi connectivity index (χ4n) is 4.10. The van der Waals surface area contributed by atoms with Gasteiger partial charge in [-0.05, 0) is 47.9 Å². The lowest BCUT2D eigenvalue weighted by Crippen LogP contribution is -2.29. The molecule has 0 saturated heterocycles. The topological polar surface area (TPSA) is 69.0 Å². The number of esters is 1. The van der Waals surface area contributed by atoms with Crippen molar-refractivity contribution in [2.45, 2.75) is 30.8 Å². The van der Waals surface area contributed by atoms with Gasteiger partial charge in [0.05, 0.1) is 12.2 Å². The van der Waals surface area contributed by atoms with Crippen LogP contribution in [0.5, 0.6) is 0 Å². The molecular formula is C26H23FN4O2S. The van der Waals surface area contributed by atoms with E-state index in [-0.39, 0.29) is 12.4 Å². The first kappa shape index (κ1) is 22.2. The van der Waals surface area contributed by atoms with Crippen LogP contribution in [0.3, 0.4) is 0 Å². The zero-order valence-electron chi connectivity index (χ0n) is 18.8. The molecule has 0 radical (unpaired) electrons. The number of ether oxygens (including phenoxy) is 1. The maximum absolute atomic E-state index is 13.6. The Hall–Kier alpha value is -3.65. The number of nitrogens with zero attached hydrogens (tertiary/aromatic N) is 3. The number of carbonyl (C=O) groups is 1. The molecule has 1 N–H and O–H groups in total. The summed E-state index contributed by atoms with van der Waals surface area (Å²) in [6.07, 6.45) is 0. The van der Waals surface area contributed by atoms with E-state index in [1.165, 1.54) is 40.2 Å². The minimum absolute atomic E-state index is 0.253. The first-order valence-corrected chi connectivity index (χ1v) is 12.0. The lowest BCUT2D eigenvalue weighted by Gasteiger charge is -2.28. The molecule has 0 fully saturated rings. The quantitative estimate of drug-likeness (QED) is 0.285. The van der Waals surface area contributed by atoms with Crippen LogP contribution in [0.4, 0.5) is 10.3 Å². The number of allylic oxidation sites excluding steroid dienone is 1. The van der Waals surface area contributed by atoms with E-state index in [2.05, 4.69) is 40.6 Å². The van der Waals surface area contributed by atoms with E-state index in [9.17, 15) is 9.18 Å². The Morgan fingerprint density at radius 2 is 1.88 bits per heavy atom. The van der Waals surface area contributed by atoms with Gasteiger partial charge in [-0.25, -0.2) is 13.9 Å². The number of carbonyl (C=O) groups excluding carboxylic acids is 1. The van der Waals surface area contributed by atoms with Gasteiger partial charge in [0.15, 0.2) is 0 Å². The van der Waals surface area contributed by atoms with E-state index in [4.69, 9.17) is 9.84 Å². The van der Waals surface area contributed by atoms with Crippen molar-refractivity contribution in [3.05, 3.63) is 94.9 Å². The van der Waals surface area contributed by atoms with Gasteiger partial charge >= 0.3 is 5.97 Å². The van der Waals surface area contributed by atoms with Crippen molar-refractivity contribution in [1.29, 1.82) is 0 Å². The van der Waals surface area contributed by atoms with Crippen LogP contribution in [-0.2, 0) is 15.3 Å². The van der Waals surface area contributed by atoms with Gasteiger partial charge in [-0.3, -0.25) is 0 Å². The third-order valence-corrected chi connectivity index (χ3v) is 6.60. The molecule has 34 heavy (non-hydrogen) atoms. The van der Waals surface area contributed by atoms with E-state index in [0.29, 0.717) is 28.1 Å². The van der Waals surface area contributed by atoms with Crippen LogP contribution in [0.1, 0.15) is 31.0 Å². The number of fused-ring (bicyclic) bond motifs is 2. The van der Waals surface area contributed by atoms with Crippen LogP contribution in [0.25, 0.3) is 10.8 Å². The maximum atomic E-state index is 13.6. The average Bonchev–Trinajstić information content (AvgIpc) is 3.25. The second-order valence-electron chi connectivity index (χ2n) is 7.97. The maximum Gasteiger partial charge on any atom is 0.338 e. The molecule has 6 nitrogen and oxygen atoms in total. The highest BCUT2D eigenvalue weighted by molar-refractivity contribution is 7.98.